The van der Waals surface area contributed by atoms with E-state index in [1.54, 1.807) is 12.1 Å². The van der Waals surface area contributed by atoms with Crippen LogP contribution in [0.5, 0.6) is 0 Å². The van der Waals surface area contributed by atoms with Crippen LogP contribution in [0.15, 0.2) is 72.8 Å². The number of allylic oxidation sites excluding steroid dienone is 2. The summed E-state index contributed by atoms with van der Waals surface area (Å²) in [7, 11) is 0. The first-order valence-corrected chi connectivity index (χ1v) is 13.8. The lowest BCUT2D eigenvalue weighted by Gasteiger charge is -2.04. The van der Waals surface area contributed by atoms with E-state index in [1.165, 1.54) is 70.6 Å². The molecule has 2 aromatic rings. The lowest BCUT2D eigenvalue weighted by atomic mass is 10.1. The Kier molecular flexibility index (Phi) is 19.5. The summed E-state index contributed by atoms with van der Waals surface area (Å²) in [4.78, 5) is 21.9. The molecule has 0 spiro atoms. The first-order valence-electron chi connectivity index (χ1n) is 13.8. The molecule has 0 unspecified atom stereocenters. The van der Waals surface area contributed by atoms with Crippen molar-refractivity contribution in [2.45, 2.75) is 103 Å². The molecule has 0 atom stereocenters. The number of rotatable bonds is 18. The first kappa shape index (κ1) is 31.2. The maximum atomic E-state index is 11.6. The van der Waals surface area contributed by atoms with Gasteiger partial charge in [-0.15, -0.1) is 0 Å². The number of benzene rings is 2. The van der Waals surface area contributed by atoms with Gasteiger partial charge < -0.3 is 9.84 Å². The standard InChI is InChI=1S/C18H34O2.C14H12O2/c1-2-3-4-5-6-7-8-9-10-11-12-13-14-15-16-17-18(19)20;15-14(13-9-5-2-6-10-13)16-11-12-7-3-1-4-8-12/h9-10H,2-8,11-17H2,1H3,(H,19,20);1-10H,11H2/b10-9-;. The van der Waals surface area contributed by atoms with Crippen LogP contribution >= 0.6 is 0 Å². The van der Waals surface area contributed by atoms with Crippen molar-refractivity contribution in [2.75, 3.05) is 0 Å². The van der Waals surface area contributed by atoms with E-state index in [0.29, 0.717) is 18.6 Å². The van der Waals surface area contributed by atoms with Gasteiger partial charge in [-0.2, -0.15) is 0 Å². The van der Waals surface area contributed by atoms with Crippen molar-refractivity contribution in [1.82, 2.24) is 0 Å². The Bertz CT molecular complexity index is 815. The number of carbonyl (C=O) groups excluding carboxylic acids is 1. The molecule has 2 aromatic carbocycles. The van der Waals surface area contributed by atoms with Gasteiger partial charge in [-0.3, -0.25) is 4.79 Å². The zero-order chi connectivity index (χ0) is 26.1. The fraction of sp³-hybridized carbons (Fsp3) is 0.500. The van der Waals surface area contributed by atoms with Crippen molar-refractivity contribution < 1.29 is 19.4 Å². The molecule has 2 rings (SSSR count). The van der Waals surface area contributed by atoms with Gasteiger partial charge in [0.2, 0.25) is 0 Å². The summed E-state index contributed by atoms with van der Waals surface area (Å²) in [5.74, 6) is -0.952. The fourth-order valence-electron chi connectivity index (χ4n) is 3.73. The molecular formula is C32H46O4. The minimum absolute atomic E-state index is 0.288. The van der Waals surface area contributed by atoms with E-state index in [2.05, 4.69) is 19.1 Å². The molecule has 1 N–H and O–H groups in total. The molecule has 4 nitrogen and oxygen atoms in total. The molecule has 36 heavy (non-hydrogen) atoms. The zero-order valence-corrected chi connectivity index (χ0v) is 22.2. The molecule has 0 bridgehead atoms. The summed E-state index contributed by atoms with van der Waals surface area (Å²) < 4.78 is 5.18. The molecule has 0 heterocycles. The molecule has 0 radical (unpaired) electrons. The Labute approximate surface area is 218 Å². The Hall–Kier alpha value is -2.88. The third kappa shape index (κ3) is 18.4. The molecule has 0 saturated heterocycles. The Morgan fingerprint density at radius 2 is 1.19 bits per heavy atom. The molecule has 0 amide bonds. The molecule has 0 aromatic heterocycles. The highest BCUT2D eigenvalue weighted by Crippen LogP contribution is 2.10. The van der Waals surface area contributed by atoms with Gasteiger partial charge >= 0.3 is 11.9 Å². The smallest absolute Gasteiger partial charge is 0.338 e. The van der Waals surface area contributed by atoms with Crippen molar-refractivity contribution in [1.29, 1.82) is 0 Å². The number of ether oxygens (including phenoxy) is 1. The predicted molar refractivity (Wildman–Crippen MR) is 149 cm³/mol. The van der Waals surface area contributed by atoms with E-state index in [-0.39, 0.29) is 5.97 Å². The molecule has 198 valence electrons. The predicted octanol–water partition coefficient (Wildman–Crippen LogP) is 9.15. The van der Waals surface area contributed by atoms with Crippen LogP contribution in [0.4, 0.5) is 0 Å². The average molecular weight is 495 g/mol. The van der Waals surface area contributed by atoms with Crippen LogP contribution in [-0.4, -0.2) is 17.0 Å². The lowest BCUT2D eigenvalue weighted by molar-refractivity contribution is -0.137. The summed E-state index contributed by atoms with van der Waals surface area (Å²) in [6.45, 7) is 2.57. The van der Waals surface area contributed by atoms with Gasteiger partial charge in [0.05, 0.1) is 5.56 Å². The SMILES string of the molecule is CCCCCCCC/C=C\CCCCCCCC(=O)O.O=C(OCc1ccccc1)c1ccccc1. The quantitative estimate of drug-likeness (QED) is 0.127. The second-order valence-corrected chi connectivity index (χ2v) is 9.16. The van der Waals surface area contributed by atoms with Crippen LogP contribution in [0.3, 0.4) is 0 Å². The van der Waals surface area contributed by atoms with Gasteiger partial charge in [0.15, 0.2) is 0 Å². The summed E-state index contributed by atoms with van der Waals surface area (Å²) in [5, 5.41) is 8.51. The van der Waals surface area contributed by atoms with Crippen molar-refractivity contribution >= 4 is 11.9 Å². The highest BCUT2D eigenvalue weighted by molar-refractivity contribution is 5.89. The largest absolute Gasteiger partial charge is 0.481 e. The van der Waals surface area contributed by atoms with Gasteiger partial charge in [0.1, 0.15) is 6.61 Å². The van der Waals surface area contributed by atoms with Crippen LogP contribution in [0.25, 0.3) is 0 Å². The van der Waals surface area contributed by atoms with Crippen molar-refractivity contribution in [3.63, 3.8) is 0 Å². The summed E-state index contributed by atoms with van der Waals surface area (Å²) >= 11 is 0. The Morgan fingerprint density at radius 1 is 0.694 bits per heavy atom. The van der Waals surface area contributed by atoms with Crippen LogP contribution in [-0.2, 0) is 16.1 Å². The van der Waals surface area contributed by atoms with Gasteiger partial charge in [0.25, 0.3) is 0 Å². The number of esters is 1. The molecular weight excluding hydrogens is 448 g/mol. The van der Waals surface area contributed by atoms with Crippen molar-refractivity contribution in [3.8, 4) is 0 Å². The zero-order valence-electron chi connectivity index (χ0n) is 22.2. The number of carboxylic acids is 1. The summed E-state index contributed by atoms with van der Waals surface area (Å²) in [6, 6.07) is 18.6. The minimum atomic E-state index is -0.664. The average Bonchev–Trinajstić information content (AvgIpc) is 2.91. The third-order valence-corrected chi connectivity index (χ3v) is 5.87. The van der Waals surface area contributed by atoms with E-state index in [1.807, 2.05) is 48.5 Å². The molecule has 4 heteroatoms. The second kappa shape index (κ2) is 22.6. The molecule has 0 aliphatic carbocycles. The minimum Gasteiger partial charge on any atom is -0.481 e. The number of hydrogen-bond acceptors (Lipinski definition) is 3. The first-order chi connectivity index (χ1) is 17.6. The number of unbranched alkanes of at least 4 members (excludes halogenated alkanes) is 11. The van der Waals surface area contributed by atoms with Gasteiger partial charge in [0, 0.05) is 6.42 Å². The van der Waals surface area contributed by atoms with E-state index in [4.69, 9.17) is 9.84 Å². The summed E-state index contributed by atoms with van der Waals surface area (Å²) in [5.41, 5.74) is 1.57. The van der Waals surface area contributed by atoms with Gasteiger partial charge in [-0.05, 0) is 49.8 Å². The van der Waals surface area contributed by atoms with Crippen LogP contribution in [0, 0.1) is 0 Å². The molecule has 0 aliphatic heterocycles. The van der Waals surface area contributed by atoms with E-state index in [9.17, 15) is 9.59 Å². The Balaban J connectivity index is 0.000000367. The number of aliphatic carboxylic acids is 1. The van der Waals surface area contributed by atoms with Crippen molar-refractivity contribution in [3.05, 3.63) is 83.9 Å². The second-order valence-electron chi connectivity index (χ2n) is 9.16. The summed E-state index contributed by atoms with van der Waals surface area (Å²) in [6.07, 6.45) is 21.2. The highest BCUT2D eigenvalue weighted by Gasteiger charge is 2.05. The fourth-order valence-corrected chi connectivity index (χ4v) is 3.73. The highest BCUT2D eigenvalue weighted by atomic mass is 16.5. The molecule has 0 saturated carbocycles. The normalized spacial score (nSPS) is 10.6. The molecule has 0 fully saturated rings. The van der Waals surface area contributed by atoms with Crippen LogP contribution < -0.4 is 0 Å². The van der Waals surface area contributed by atoms with E-state index >= 15 is 0 Å². The number of carboxylic acid groups (broad SMARTS) is 1. The third-order valence-electron chi connectivity index (χ3n) is 5.87. The topological polar surface area (TPSA) is 63.6 Å². The molecule has 0 aliphatic rings. The van der Waals surface area contributed by atoms with Gasteiger partial charge in [-0.1, -0.05) is 119 Å². The maximum absolute atomic E-state index is 11.6. The van der Waals surface area contributed by atoms with Crippen LogP contribution in [0.2, 0.25) is 0 Å². The Morgan fingerprint density at radius 3 is 1.75 bits per heavy atom. The lowest BCUT2D eigenvalue weighted by Crippen LogP contribution is -2.04. The number of carbonyl (C=O) groups is 2. The maximum Gasteiger partial charge on any atom is 0.338 e. The van der Waals surface area contributed by atoms with E-state index < -0.39 is 5.97 Å². The van der Waals surface area contributed by atoms with Crippen LogP contribution in [0.1, 0.15) is 113 Å². The number of hydrogen-bond donors (Lipinski definition) is 1. The monoisotopic (exact) mass is 494 g/mol. The van der Waals surface area contributed by atoms with E-state index in [0.717, 1.165) is 18.4 Å². The van der Waals surface area contributed by atoms with Gasteiger partial charge in [-0.25, -0.2) is 4.79 Å². The van der Waals surface area contributed by atoms with Crippen molar-refractivity contribution in [2.24, 2.45) is 0 Å².